The van der Waals surface area contributed by atoms with Crippen molar-refractivity contribution in [3.8, 4) is 0 Å². The van der Waals surface area contributed by atoms with E-state index in [1.54, 1.807) is 13.0 Å². The molecule has 1 aliphatic rings. The van der Waals surface area contributed by atoms with Crippen molar-refractivity contribution >= 4 is 35.0 Å². The second-order valence-corrected chi connectivity index (χ2v) is 7.46. The highest BCUT2D eigenvalue weighted by Crippen LogP contribution is 2.33. The van der Waals surface area contributed by atoms with Gasteiger partial charge >= 0.3 is 5.97 Å². The van der Waals surface area contributed by atoms with Gasteiger partial charge in [-0.2, -0.15) is 0 Å². The third kappa shape index (κ3) is 4.20. The molecule has 2 amide bonds. The Bertz CT molecular complexity index is 947. The Kier molecular flexibility index (Phi) is 6.04. The summed E-state index contributed by atoms with van der Waals surface area (Å²) < 4.78 is 7.00. The van der Waals surface area contributed by atoms with Gasteiger partial charge in [-0.25, -0.2) is 0 Å². The van der Waals surface area contributed by atoms with Gasteiger partial charge in [0.2, 0.25) is 0 Å². The van der Waals surface area contributed by atoms with Crippen molar-refractivity contribution < 1.29 is 19.1 Å². The largest absolute Gasteiger partial charge is 0.465 e. The Morgan fingerprint density at radius 3 is 2.57 bits per heavy atom. The molecular formula is C21H22N2O4S. The standard InChI is InChI=1S/C21H22N2O4S/c1-4-27-19(24)13-23-20(25)18(28-21(23)26)11-17-10-14(2)22(15(17)3)12-16-8-6-5-7-9-16/h5-11H,4,12-13H2,1-3H3/b18-11-. The molecule has 0 saturated carbocycles. The van der Waals surface area contributed by atoms with Crippen LogP contribution in [0.15, 0.2) is 41.3 Å². The lowest BCUT2D eigenvalue weighted by atomic mass is 10.2. The van der Waals surface area contributed by atoms with Crippen LogP contribution in [0.4, 0.5) is 4.79 Å². The number of aromatic nitrogens is 1. The van der Waals surface area contributed by atoms with Gasteiger partial charge < -0.3 is 9.30 Å². The second kappa shape index (κ2) is 8.48. The predicted octanol–water partition coefficient (Wildman–Crippen LogP) is 3.75. The van der Waals surface area contributed by atoms with E-state index < -0.39 is 17.1 Å². The van der Waals surface area contributed by atoms with Crippen molar-refractivity contribution in [3.63, 3.8) is 0 Å². The summed E-state index contributed by atoms with van der Waals surface area (Å²) in [6.07, 6.45) is 1.72. The lowest BCUT2D eigenvalue weighted by molar-refractivity contribution is -0.145. The van der Waals surface area contributed by atoms with Gasteiger partial charge in [0.1, 0.15) is 6.54 Å². The molecular weight excluding hydrogens is 376 g/mol. The molecule has 1 saturated heterocycles. The molecule has 0 bridgehead atoms. The zero-order chi connectivity index (χ0) is 20.3. The van der Waals surface area contributed by atoms with Crippen molar-refractivity contribution in [1.29, 1.82) is 0 Å². The molecule has 1 aliphatic heterocycles. The highest BCUT2D eigenvalue weighted by molar-refractivity contribution is 8.18. The number of hydrogen-bond acceptors (Lipinski definition) is 5. The van der Waals surface area contributed by atoms with Gasteiger partial charge in [0.05, 0.1) is 11.5 Å². The van der Waals surface area contributed by atoms with E-state index in [0.29, 0.717) is 4.91 Å². The second-order valence-electron chi connectivity index (χ2n) is 6.47. The number of nitrogens with zero attached hydrogens (tertiary/aromatic N) is 2. The first-order valence-corrected chi connectivity index (χ1v) is 9.84. The molecule has 2 heterocycles. The van der Waals surface area contributed by atoms with E-state index in [1.807, 2.05) is 38.1 Å². The molecule has 1 fully saturated rings. The average molecular weight is 398 g/mol. The van der Waals surface area contributed by atoms with Crippen LogP contribution in [0.3, 0.4) is 0 Å². The fourth-order valence-electron chi connectivity index (χ4n) is 3.10. The van der Waals surface area contributed by atoms with E-state index in [2.05, 4.69) is 16.7 Å². The fourth-order valence-corrected chi connectivity index (χ4v) is 3.93. The van der Waals surface area contributed by atoms with Gasteiger partial charge in [0.15, 0.2) is 0 Å². The summed E-state index contributed by atoms with van der Waals surface area (Å²) in [5.41, 5.74) is 4.15. The van der Waals surface area contributed by atoms with Gasteiger partial charge in [-0.05, 0) is 55.8 Å². The summed E-state index contributed by atoms with van der Waals surface area (Å²) in [6, 6.07) is 12.1. The first-order valence-electron chi connectivity index (χ1n) is 9.02. The van der Waals surface area contributed by atoms with E-state index in [4.69, 9.17) is 4.74 Å². The van der Waals surface area contributed by atoms with E-state index in [0.717, 1.165) is 40.2 Å². The Morgan fingerprint density at radius 1 is 1.18 bits per heavy atom. The Hall–Kier alpha value is -2.80. The number of thioether (sulfide) groups is 1. The lowest BCUT2D eigenvalue weighted by Crippen LogP contribution is -2.34. The van der Waals surface area contributed by atoms with Gasteiger partial charge in [0, 0.05) is 17.9 Å². The van der Waals surface area contributed by atoms with Crippen LogP contribution >= 0.6 is 11.8 Å². The minimum Gasteiger partial charge on any atom is -0.465 e. The van der Waals surface area contributed by atoms with Gasteiger partial charge in [-0.1, -0.05) is 30.3 Å². The predicted molar refractivity (Wildman–Crippen MR) is 109 cm³/mol. The molecule has 0 aliphatic carbocycles. The van der Waals surface area contributed by atoms with Crippen molar-refractivity contribution in [3.05, 3.63) is 63.8 Å². The molecule has 0 radical (unpaired) electrons. The Morgan fingerprint density at radius 2 is 1.89 bits per heavy atom. The molecule has 1 aromatic heterocycles. The summed E-state index contributed by atoms with van der Waals surface area (Å²) in [7, 11) is 0. The van der Waals surface area contributed by atoms with Gasteiger partial charge in [0.25, 0.3) is 11.1 Å². The van der Waals surface area contributed by atoms with Gasteiger partial charge in [-0.15, -0.1) is 0 Å². The number of imide groups is 1. The fraction of sp³-hybridized carbons (Fsp3) is 0.286. The van der Waals surface area contributed by atoms with E-state index >= 15 is 0 Å². The maximum Gasteiger partial charge on any atom is 0.326 e. The number of esters is 1. The van der Waals surface area contributed by atoms with Crippen LogP contribution in [0.25, 0.3) is 6.08 Å². The van der Waals surface area contributed by atoms with Crippen molar-refractivity contribution in [2.75, 3.05) is 13.2 Å². The van der Waals surface area contributed by atoms with Crippen LogP contribution in [0.5, 0.6) is 0 Å². The molecule has 0 N–H and O–H groups in total. The number of carbonyl (C=O) groups is 3. The third-order valence-corrected chi connectivity index (χ3v) is 5.46. The maximum absolute atomic E-state index is 12.6. The molecule has 146 valence electrons. The topological polar surface area (TPSA) is 68.6 Å². The van der Waals surface area contributed by atoms with Gasteiger partial charge in [-0.3, -0.25) is 19.3 Å². The number of hydrogen-bond donors (Lipinski definition) is 0. The SMILES string of the molecule is CCOC(=O)CN1C(=O)S/C(=C\c2cc(C)n(Cc3ccccc3)c2C)C1=O. The molecule has 28 heavy (non-hydrogen) atoms. The van der Waals surface area contributed by atoms with Crippen molar-refractivity contribution in [1.82, 2.24) is 9.47 Å². The summed E-state index contributed by atoms with van der Waals surface area (Å²) in [5.74, 6) is -1.05. The molecule has 7 heteroatoms. The van der Waals surface area contributed by atoms with Crippen LogP contribution in [-0.4, -0.2) is 39.7 Å². The molecule has 1 aromatic carbocycles. The molecule has 0 spiro atoms. The summed E-state index contributed by atoms with van der Waals surface area (Å²) in [6.45, 7) is 6.26. The Balaban J connectivity index is 1.82. The van der Waals surface area contributed by atoms with E-state index in [9.17, 15) is 14.4 Å². The summed E-state index contributed by atoms with van der Waals surface area (Å²) in [4.78, 5) is 37.6. The van der Waals surface area contributed by atoms with Crippen molar-refractivity contribution in [2.45, 2.75) is 27.3 Å². The maximum atomic E-state index is 12.6. The zero-order valence-corrected chi connectivity index (χ0v) is 16.9. The average Bonchev–Trinajstić information content (AvgIpc) is 3.07. The molecule has 0 unspecified atom stereocenters. The first-order chi connectivity index (χ1) is 13.4. The van der Waals surface area contributed by atoms with Crippen LogP contribution in [0.2, 0.25) is 0 Å². The number of amides is 2. The molecule has 3 rings (SSSR count). The summed E-state index contributed by atoms with van der Waals surface area (Å²) >= 11 is 0.846. The minimum absolute atomic E-state index is 0.207. The smallest absolute Gasteiger partial charge is 0.326 e. The molecule has 6 nitrogen and oxygen atoms in total. The third-order valence-electron chi connectivity index (χ3n) is 4.55. The quantitative estimate of drug-likeness (QED) is 0.548. The number of benzene rings is 1. The lowest BCUT2D eigenvalue weighted by Gasteiger charge is -2.11. The van der Waals surface area contributed by atoms with E-state index in [-0.39, 0.29) is 13.2 Å². The normalized spacial score (nSPS) is 15.5. The first kappa shape index (κ1) is 19.9. The highest BCUT2D eigenvalue weighted by Gasteiger charge is 2.36. The van der Waals surface area contributed by atoms with Crippen LogP contribution in [-0.2, 0) is 20.9 Å². The summed E-state index contributed by atoms with van der Waals surface area (Å²) in [5, 5.41) is -0.456. The van der Waals surface area contributed by atoms with Crippen LogP contribution in [0.1, 0.15) is 29.4 Å². The number of aryl methyl sites for hydroxylation is 1. The van der Waals surface area contributed by atoms with Crippen LogP contribution in [0, 0.1) is 13.8 Å². The van der Waals surface area contributed by atoms with Crippen molar-refractivity contribution in [2.24, 2.45) is 0 Å². The zero-order valence-electron chi connectivity index (χ0n) is 16.1. The van der Waals surface area contributed by atoms with E-state index in [1.165, 1.54) is 5.56 Å². The number of rotatable bonds is 6. The highest BCUT2D eigenvalue weighted by atomic mass is 32.2. The number of ether oxygens (including phenoxy) is 1. The minimum atomic E-state index is -0.591. The molecule has 0 atom stereocenters. The Labute approximate surface area is 168 Å². The number of carbonyl (C=O) groups excluding carboxylic acids is 3. The monoisotopic (exact) mass is 398 g/mol. The molecule has 2 aromatic rings. The van der Waals surface area contributed by atoms with Crippen LogP contribution < -0.4 is 0 Å².